The minimum absolute atomic E-state index is 0.0595. The molecule has 1 aromatic carbocycles. The monoisotopic (exact) mass is 442 g/mol. The maximum Gasteiger partial charge on any atom is 0.343 e. The van der Waals surface area contributed by atoms with Crippen molar-refractivity contribution in [1.29, 1.82) is 0 Å². The van der Waals surface area contributed by atoms with E-state index in [1.807, 2.05) is 18.2 Å². The number of pyridine rings is 2. The Hall–Kier alpha value is -4.04. The fourth-order valence-corrected chi connectivity index (χ4v) is 4.83. The lowest BCUT2D eigenvalue weighted by molar-refractivity contribution is -0.172. The van der Waals surface area contributed by atoms with Crippen LogP contribution in [0.2, 0.25) is 0 Å². The third-order valence-corrected chi connectivity index (χ3v) is 6.61. The molecular formula is C25H18N2O6. The minimum atomic E-state index is -1.91. The van der Waals surface area contributed by atoms with Gasteiger partial charge in [-0.05, 0) is 24.6 Å². The van der Waals surface area contributed by atoms with Gasteiger partial charge in [-0.15, -0.1) is 0 Å². The summed E-state index contributed by atoms with van der Waals surface area (Å²) in [6, 6.07) is 10.5. The second-order valence-corrected chi connectivity index (χ2v) is 8.28. The van der Waals surface area contributed by atoms with Crippen LogP contribution in [0, 0.1) is 0 Å². The van der Waals surface area contributed by atoms with Gasteiger partial charge in [0.25, 0.3) is 5.56 Å². The van der Waals surface area contributed by atoms with Crippen molar-refractivity contribution in [1.82, 2.24) is 9.55 Å². The van der Waals surface area contributed by atoms with E-state index in [1.165, 1.54) is 17.1 Å². The topological polar surface area (TPSA) is 112 Å². The molecule has 33 heavy (non-hydrogen) atoms. The number of ether oxygens (including phenoxy) is 1. The highest BCUT2D eigenvalue weighted by Gasteiger charge is 2.45. The van der Waals surface area contributed by atoms with Crippen LogP contribution in [0.4, 0.5) is 0 Å². The average Bonchev–Trinajstić information content (AvgIpc) is 3.49. The van der Waals surface area contributed by atoms with Crippen LogP contribution < -0.4 is 5.56 Å². The van der Waals surface area contributed by atoms with Gasteiger partial charge in [0.1, 0.15) is 12.9 Å². The minimum Gasteiger partial charge on any atom is -0.472 e. The zero-order valence-corrected chi connectivity index (χ0v) is 17.6. The summed E-state index contributed by atoms with van der Waals surface area (Å²) in [5.74, 6) is -1.00. The number of benzene rings is 1. The maximum atomic E-state index is 13.5. The highest BCUT2D eigenvalue weighted by molar-refractivity contribution is 6.17. The zero-order valence-electron chi connectivity index (χ0n) is 17.6. The van der Waals surface area contributed by atoms with Crippen molar-refractivity contribution in [3.8, 4) is 11.4 Å². The van der Waals surface area contributed by atoms with Crippen LogP contribution in [0.3, 0.4) is 0 Å². The van der Waals surface area contributed by atoms with E-state index >= 15 is 0 Å². The molecule has 0 radical (unpaired) electrons. The Morgan fingerprint density at radius 2 is 2.03 bits per heavy atom. The number of esters is 1. The Kier molecular flexibility index (Phi) is 4.00. The third kappa shape index (κ3) is 2.55. The summed E-state index contributed by atoms with van der Waals surface area (Å²) in [5.41, 5.74) is 1.22. The van der Waals surface area contributed by atoms with Crippen LogP contribution in [-0.4, -0.2) is 26.4 Å². The number of carbonyl (C=O) groups excluding carboxylic acids is 2. The molecule has 0 bridgehead atoms. The number of ketones is 1. The normalized spacial score (nSPS) is 18.5. The van der Waals surface area contributed by atoms with E-state index < -0.39 is 11.6 Å². The first-order valence-electron chi connectivity index (χ1n) is 10.6. The average molecular weight is 442 g/mol. The van der Waals surface area contributed by atoms with Gasteiger partial charge in [-0.2, -0.15) is 0 Å². The maximum absolute atomic E-state index is 13.5. The Balaban J connectivity index is 1.67. The predicted octanol–water partition coefficient (Wildman–Crippen LogP) is 2.90. The van der Waals surface area contributed by atoms with Crippen LogP contribution in [0.25, 0.3) is 22.3 Å². The molecule has 5 heterocycles. The van der Waals surface area contributed by atoms with Gasteiger partial charge in [-0.3, -0.25) is 9.59 Å². The molecule has 8 heteroatoms. The van der Waals surface area contributed by atoms with Gasteiger partial charge in [0.15, 0.2) is 11.4 Å². The highest BCUT2D eigenvalue weighted by Crippen LogP contribution is 2.40. The summed E-state index contributed by atoms with van der Waals surface area (Å²) in [7, 11) is 0. The van der Waals surface area contributed by atoms with Gasteiger partial charge >= 0.3 is 5.97 Å². The second kappa shape index (κ2) is 6.73. The van der Waals surface area contributed by atoms with Crippen molar-refractivity contribution >= 4 is 22.7 Å². The van der Waals surface area contributed by atoms with Gasteiger partial charge in [0, 0.05) is 22.1 Å². The molecule has 0 unspecified atom stereocenters. The number of rotatable bonds is 3. The van der Waals surface area contributed by atoms with E-state index in [9.17, 15) is 19.5 Å². The molecule has 3 aromatic heterocycles. The van der Waals surface area contributed by atoms with E-state index in [0.717, 1.165) is 0 Å². The number of hydrogen-bond acceptors (Lipinski definition) is 7. The molecule has 164 valence electrons. The van der Waals surface area contributed by atoms with E-state index in [2.05, 4.69) is 0 Å². The molecule has 0 saturated heterocycles. The number of fused-ring (bicyclic) bond motifs is 5. The number of aromatic nitrogens is 2. The fraction of sp³-hybridized carbons (Fsp3) is 0.200. The zero-order chi connectivity index (χ0) is 22.9. The Morgan fingerprint density at radius 3 is 2.79 bits per heavy atom. The lowest BCUT2D eigenvalue weighted by atomic mass is 9.86. The Bertz CT molecular complexity index is 1550. The summed E-state index contributed by atoms with van der Waals surface area (Å²) in [6.45, 7) is 1.59. The molecule has 2 aliphatic heterocycles. The van der Waals surface area contributed by atoms with Crippen molar-refractivity contribution in [3.05, 3.63) is 87.1 Å². The molecular weight excluding hydrogens is 424 g/mol. The smallest absolute Gasteiger partial charge is 0.343 e. The summed E-state index contributed by atoms with van der Waals surface area (Å²) in [6.07, 6.45) is 2.89. The van der Waals surface area contributed by atoms with Crippen molar-refractivity contribution < 1.29 is 23.8 Å². The van der Waals surface area contributed by atoms with Gasteiger partial charge < -0.3 is 18.8 Å². The highest BCUT2D eigenvalue weighted by atomic mass is 16.6. The first kappa shape index (κ1) is 19.6. The Morgan fingerprint density at radius 1 is 1.21 bits per heavy atom. The van der Waals surface area contributed by atoms with Gasteiger partial charge in [-0.1, -0.05) is 25.1 Å². The van der Waals surface area contributed by atoms with Gasteiger partial charge in [0.05, 0.1) is 40.8 Å². The van der Waals surface area contributed by atoms with E-state index in [1.54, 1.807) is 25.1 Å². The van der Waals surface area contributed by atoms with Crippen LogP contribution in [0.5, 0.6) is 0 Å². The number of furan rings is 1. The van der Waals surface area contributed by atoms with E-state index in [0.29, 0.717) is 39.0 Å². The van der Waals surface area contributed by atoms with Crippen LogP contribution in [0.1, 0.15) is 46.0 Å². The SMILES string of the molecule is CC[C@@]1(O)C(=O)OCc2c1cc1n(c2=O)Cc2c-1nc1ccccc1c2C(=O)c1ccoc1. The van der Waals surface area contributed by atoms with Gasteiger partial charge in [0.2, 0.25) is 0 Å². The number of para-hydroxylation sites is 1. The summed E-state index contributed by atoms with van der Waals surface area (Å²) in [5, 5.41) is 11.7. The van der Waals surface area contributed by atoms with Crippen LogP contribution in [-0.2, 0) is 28.3 Å². The molecule has 1 atom stereocenters. The predicted molar refractivity (Wildman–Crippen MR) is 117 cm³/mol. The third-order valence-electron chi connectivity index (χ3n) is 6.61. The van der Waals surface area contributed by atoms with Crippen molar-refractivity contribution in [2.75, 3.05) is 0 Å². The number of nitrogens with zero attached hydrogens (tertiary/aromatic N) is 2. The number of hydrogen-bond donors (Lipinski definition) is 1. The number of cyclic esters (lactones) is 1. The quantitative estimate of drug-likeness (QED) is 0.338. The first-order valence-corrected chi connectivity index (χ1v) is 10.6. The lowest BCUT2D eigenvalue weighted by Gasteiger charge is -2.31. The van der Waals surface area contributed by atoms with Crippen LogP contribution in [0.15, 0.2) is 58.1 Å². The van der Waals surface area contributed by atoms with E-state index in [4.69, 9.17) is 14.1 Å². The van der Waals surface area contributed by atoms with E-state index in [-0.39, 0.29) is 42.0 Å². The molecule has 4 aromatic rings. The van der Waals surface area contributed by atoms with Crippen molar-refractivity contribution in [2.24, 2.45) is 0 Å². The molecule has 0 fully saturated rings. The molecule has 1 N–H and O–H groups in total. The lowest BCUT2D eigenvalue weighted by Crippen LogP contribution is -2.44. The van der Waals surface area contributed by atoms with Crippen molar-refractivity contribution in [2.45, 2.75) is 32.1 Å². The van der Waals surface area contributed by atoms with Crippen molar-refractivity contribution in [3.63, 3.8) is 0 Å². The molecule has 0 amide bonds. The molecule has 0 spiro atoms. The Labute approximate surface area is 187 Å². The summed E-state index contributed by atoms with van der Waals surface area (Å²) >= 11 is 0. The standard InChI is InChI=1S/C25H18N2O6/c1-2-25(31)17-9-19-21-15(10-27(19)23(29)16(17)12-33-24(25)30)20(22(28)13-7-8-32-11-13)14-5-3-4-6-18(14)26-21/h3-9,11,31H,2,10,12H2,1H3/t25-/m0/s1. The van der Waals surface area contributed by atoms with Gasteiger partial charge in [-0.25, -0.2) is 9.78 Å². The molecule has 2 aliphatic rings. The number of aliphatic hydroxyl groups is 1. The molecule has 0 saturated carbocycles. The number of carbonyl (C=O) groups is 2. The van der Waals surface area contributed by atoms with Crippen LogP contribution >= 0.6 is 0 Å². The molecule has 8 nitrogen and oxygen atoms in total. The largest absolute Gasteiger partial charge is 0.472 e. The summed E-state index contributed by atoms with van der Waals surface area (Å²) in [4.78, 5) is 44.0. The molecule has 0 aliphatic carbocycles. The fourth-order valence-electron chi connectivity index (χ4n) is 4.83. The molecule has 6 rings (SSSR count). The first-order chi connectivity index (χ1) is 15.9. The second-order valence-electron chi connectivity index (χ2n) is 8.28. The summed E-state index contributed by atoms with van der Waals surface area (Å²) < 4.78 is 11.8.